The van der Waals surface area contributed by atoms with Gasteiger partial charge >= 0.3 is 0 Å². The Bertz CT molecular complexity index is 254. The van der Waals surface area contributed by atoms with Crippen LogP contribution in [0.3, 0.4) is 0 Å². The molecule has 0 aliphatic heterocycles. The predicted octanol–water partition coefficient (Wildman–Crippen LogP) is 1.33. The van der Waals surface area contributed by atoms with E-state index in [1.807, 2.05) is 0 Å². The summed E-state index contributed by atoms with van der Waals surface area (Å²) < 4.78 is 0. The zero-order valence-electron chi connectivity index (χ0n) is 9.49. The first-order valence-corrected chi connectivity index (χ1v) is 5.19. The molecule has 3 heteroatoms. The van der Waals surface area contributed by atoms with Gasteiger partial charge in [-0.1, -0.05) is 43.7 Å². The summed E-state index contributed by atoms with van der Waals surface area (Å²) in [5, 5.41) is 2.35. The molecule has 1 amide bonds. The highest BCUT2D eigenvalue weighted by Gasteiger charge is 1.85. The van der Waals surface area contributed by atoms with Crippen LogP contribution in [0.25, 0.3) is 0 Å². The summed E-state index contributed by atoms with van der Waals surface area (Å²) in [4.78, 5) is 9.94. The average Bonchev–Trinajstić information content (AvgIpc) is 2.31. The molecule has 1 aromatic carbocycles. The Kier molecular flexibility index (Phi) is 8.39. The smallest absolute Gasteiger partial charge is 0.233 e. The molecule has 0 spiro atoms. The summed E-state index contributed by atoms with van der Waals surface area (Å²) in [5.74, 6) is -0.130. The zero-order chi connectivity index (χ0) is 11.5. The van der Waals surface area contributed by atoms with Crippen molar-refractivity contribution in [3.8, 4) is 0 Å². The topological polar surface area (TPSA) is 55.1 Å². The highest BCUT2D eigenvalue weighted by atomic mass is 16.1. The summed E-state index contributed by atoms with van der Waals surface area (Å²) in [6.45, 7) is 2.28. The third kappa shape index (κ3) is 7.70. The minimum absolute atomic E-state index is 0.0799. The maximum absolute atomic E-state index is 9.94. The number of hydrogen-bond donors (Lipinski definition) is 2. The van der Waals surface area contributed by atoms with Crippen LogP contribution in [0.1, 0.15) is 18.9 Å². The third-order valence-electron chi connectivity index (χ3n) is 1.85. The number of amides is 1. The van der Waals surface area contributed by atoms with Gasteiger partial charge in [0.2, 0.25) is 5.91 Å². The van der Waals surface area contributed by atoms with Crippen LogP contribution in [0.5, 0.6) is 0 Å². The van der Waals surface area contributed by atoms with Crippen LogP contribution in [0.2, 0.25) is 0 Å². The molecule has 3 nitrogen and oxygen atoms in total. The zero-order valence-corrected chi connectivity index (χ0v) is 9.49. The fraction of sp³-hybridized carbons (Fsp3) is 0.417. The van der Waals surface area contributed by atoms with Crippen molar-refractivity contribution in [1.29, 1.82) is 0 Å². The summed E-state index contributed by atoms with van der Waals surface area (Å²) in [7, 11) is 1.55. The van der Waals surface area contributed by atoms with Gasteiger partial charge in [0.05, 0.1) is 6.54 Å². The van der Waals surface area contributed by atoms with Gasteiger partial charge in [-0.15, -0.1) is 0 Å². The van der Waals surface area contributed by atoms with Crippen molar-refractivity contribution in [3.05, 3.63) is 35.9 Å². The van der Waals surface area contributed by atoms with Crippen LogP contribution < -0.4 is 11.1 Å². The summed E-state index contributed by atoms with van der Waals surface area (Å²) in [6, 6.07) is 10.6. The number of likely N-dealkylation sites (N-methyl/N-ethyl adjacent to an activating group) is 1. The molecular weight excluding hydrogens is 188 g/mol. The lowest BCUT2D eigenvalue weighted by Crippen LogP contribution is -2.26. The first-order chi connectivity index (χ1) is 7.24. The molecule has 0 radical (unpaired) electrons. The lowest BCUT2D eigenvalue weighted by Gasteiger charge is -1.93. The van der Waals surface area contributed by atoms with Gasteiger partial charge in [-0.2, -0.15) is 0 Å². The second-order valence-electron chi connectivity index (χ2n) is 3.11. The molecule has 0 aromatic heterocycles. The summed E-state index contributed by atoms with van der Waals surface area (Å²) in [5.41, 5.74) is 6.31. The van der Waals surface area contributed by atoms with E-state index < -0.39 is 0 Å². The molecule has 1 aromatic rings. The van der Waals surface area contributed by atoms with Gasteiger partial charge in [0.15, 0.2) is 0 Å². The molecule has 3 N–H and O–H groups in total. The van der Waals surface area contributed by atoms with Crippen LogP contribution in [0, 0.1) is 0 Å². The van der Waals surface area contributed by atoms with Gasteiger partial charge in [0, 0.05) is 7.05 Å². The maximum Gasteiger partial charge on any atom is 0.233 e. The van der Waals surface area contributed by atoms with E-state index in [-0.39, 0.29) is 12.5 Å². The van der Waals surface area contributed by atoms with E-state index in [1.54, 1.807) is 7.05 Å². The van der Waals surface area contributed by atoms with Gasteiger partial charge < -0.3 is 11.1 Å². The molecule has 0 heterocycles. The molecule has 84 valence electrons. The summed E-state index contributed by atoms with van der Waals surface area (Å²) >= 11 is 0. The number of nitrogens with two attached hydrogens (primary N) is 1. The molecule has 0 fully saturated rings. The third-order valence-corrected chi connectivity index (χ3v) is 1.85. The Labute approximate surface area is 91.7 Å². The van der Waals surface area contributed by atoms with Crippen molar-refractivity contribution in [1.82, 2.24) is 5.32 Å². The van der Waals surface area contributed by atoms with Gasteiger partial charge in [-0.25, -0.2) is 0 Å². The number of carbonyl (C=O) groups excluding carboxylic acids is 1. The van der Waals surface area contributed by atoms with E-state index in [4.69, 9.17) is 5.73 Å². The van der Waals surface area contributed by atoms with Gasteiger partial charge in [-0.05, 0) is 12.0 Å². The molecule has 15 heavy (non-hydrogen) atoms. The molecular formula is C12H20N2O. The lowest BCUT2D eigenvalue weighted by atomic mass is 10.1. The number of benzene rings is 1. The second-order valence-corrected chi connectivity index (χ2v) is 3.11. The molecule has 0 atom stereocenters. The molecule has 0 aliphatic carbocycles. The van der Waals surface area contributed by atoms with Gasteiger partial charge in [-0.3, -0.25) is 4.79 Å². The molecule has 0 unspecified atom stereocenters. The summed E-state index contributed by atoms with van der Waals surface area (Å²) in [6.07, 6.45) is 2.45. The van der Waals surface area contributed by atoms with Crippen LogP contribution in [0.15, 0.2) is 30.3 Å². The fourth-order valence-electron chi connectivity index (χ4n) is 1.04. The number of nitrogens with one attached hydrogen (secondary N) is 1. The molecule has 0 aliphatic rings. The first kappa shape index (κ1) is 13.7. The van der Waals surface area contributed by atoms with E-state index in [1.165, 1.54) is 18.4 Å². The van der Waals surface area contributed by atoms with Crippen molar-refractivity contribution >= 4 is 5.91 Å². The average molecular weight is 208 g/mol. The van der Waals surface area contributed by atoms with Gasteiger partial charge in [0.1, 0.15) is 0 Å². The first-order valence-electron chi connectivity index (χ1n) is 5.19. The van der Waals surface area contributed by atoms with E-state index in [9.17, 15) is 4.79 Å². The number of hydrogen-bond acceptors (Lipinski definition) is 2. The van der Waals surface area contributed by atoms with Crippen molar-refractivity contribution in [3.63, 3.8) is 0 Å². The predicted molar refractivity (Wildman–Crippen MR) is 63.6 cm³/mol. The van der Waals surface area contributed by atoms with E-state index in [2.05, 4.69) is 42.6 Å². The second kappa shape index (κ2) is 9.21. The minimum atomic E-state index is -0.130. The van der Waals surface area contributed by atoms with Gasteiger partial charge in [0.25, 0.3) is 0 Å². The highest BCUT2D eigenvalue weighted by Crippen LogP contribution is 2.00. The standard InChI is InChI=1S/C9H12.C3H8N2O/c1-2-6-9-7-4-3-5-8-9;1-5-3(6)2-4/h3-5,7-8H,2,6H2,1H3;2,4H2,1H3,(H,5,6). The fourth-order valence-corrected chi connectivity index (χ4v) is 1.04. The SMILES string of the molecule is CCCc1ccccc1.CNC(=O)CN. The van der Waals surface area contributed by atoms with E-state index in [0.717, 1.165) is 0 Å². The van der Waals surface area contributed by atoms with Crippen LogP contribution in [-0.2, 0) is 11.2 Å². The maximum atomic E-state index is 9.94. The van der Waals surface area contributed by atoms with Crippen molar-refractivity contribution in [2.45, 2.75) is 19.8 Å². The highest BCUT2D eigenvalue weighted by molar-refractivity contribution is 5.77. The van der Waals surface area contributed by atoms with E-state index >= 15 is 0 Å². The van der Waals surface area contributed by atoms with E-state index in [0.29, 0.717) is 0 Å². The van der Waals surface area contributed by atoms with Crippen LogP contribution >= 0.6 is 0 Å². The number of rotatable bonds is 3. The Morgan fingerprint density at radius 1 is 1.33 bits per heavy atom. The quantitative estimate of drug-likeness (QED) is 0.787. The molecule has 0 saturated heterocycles. The Balaban J connectivity index is 0.000000288. The lowest BCUT2D eigenvalue weighted by molar-refractivity contribution is -0.119. The van der Waals surface area contributed by atoms with Crippen molar-refractivity contribution < 1.29 is 4.79 Å². The molecule has 0 bridgehead atoms. The van der Waals surface area contributed by atoms with Crippen LogP contribution in [0.4, 0.5) is 0 Å². The largest absolute Gasteiger partial charge is 0.358 e. The van der Waals surface area contributed by atoms with Crippen molar-refractivity contribution in [2.24, 2.45) is 5.73 Å². The monoisotopic (exact) mass is 208 g/mol. The number of aryl methyl sites for hydroxylation is 1. The Hall–Kier alpha value is -1.35. The minimum Gasteiger partial charge on any atom is -0.358 e. The van der Waals surface area contributed by atoms with Crippen LogP contribution in [-0.4, -0.2) is 19.5 Å². The molecule has 0 saturated carbocycles. The number of carbonyl (C=O) groups is 1. The normalized spacial score (nSPS) is 8.73. The molecule has 1 rings (SSSR count). The Morgan fingerprint density at radius 3 is 2.27 bits per heavy atom. The van der Waals surface area contributed by atoms with Crippen molar-refractivity contribution in [2.75, 3.05) is 13.6 Å². The Morgan fingerprint density at radius 2 is 1.93 bits per heavy atom.